The smallest absolute Gasteiger partial charge is 0.378 e. The maximum Gasteiger partial charge on any atom is 0.419 e. The van der Waals surface area contributed by atoms with Crippen molar-refractivity contribution in [2.75, 3.05) is 19.8 Å². The molecular weight excluding hydrogens is 238 g/mol. The quantitative estimate of drug-likeness (QED) is 0.772. The summed E-state index contributed by atoms with van der Waals surface area (Å²) >= 11 is 0. The number of rotatable bonds is 1. The molecule has 94 valence electrons. The molecule has 1 aliphatic rings. The van der Waals surface area contributed by atoms with Crippen molar-refractivity contribution in [1.82, 2.24) is 5.32 Å². The van der Waals surface area contributed by atoms with Crippen LogP contribution in [0.4, 0.5) is 17.6 Å². The summed E-state index contributed by atoms with van der Waals surface area (Å²) in [5.41, 5.74) is -0.846. The zero-order valence-corrected chi connectivity index (χ0v) is 8.85. The highest BCUT2D eigenvalue weighted by Crippen LogP contribution is 2.33. The fourth-order valence-electron chi connectivity index (χ4n) is 1.76. The molecule has 2 nitrogen and oxygen atoms in total. The SMILES string of the molecule is Fc1ccc([C@H]2COCCN2)cc1C(F)(F)F. The Morgan fingerprint density at radius 2 is 2.06 bits per heavy atom. The van der Waals surface area contributed by atoms with Crippen LogP contribution in [0, 0.1) is 5.82 Å². The Bertz CT molecular complexity index is 399. The van der Waals surface area contributed by atoms with Crippen molar-refractivity contribution in [2.45, 2.75) is 12.2 Å². The van der Waals surface area contributed by atoms with E-state index in [1.807, 2.05) is 0 Å². The van der Waals surface area contributed by atoms with Crippen molar-refractivity contribution < 1.29 is 22.3 Å². The van der Waals surface area contributed by atoms with Gasteiger partial charge in [0.15, 0.2) is 0 Å². The first-order chi connectivity index (χ1) is 7.98. The Morgan fingerprint density at radius 3 is 2.65 bits per heavy atom. The molecule has 17 heavy (non-hydrogen) atoms. The Labute approximate surface area is 95.6 Å². The van der Waals surface area contributed by atoms with Gasteiger partial charge in [-0.1, -0.05) is 6.07 Å². The molecule has 1 aliphatic heterocycles. The maximum absolute atomic E-state index is 13.1. The molecule has 0 aliphatic carbocycles. The van der Waals surface area contributed by atoms with Crippen molar-refractivity contribution >= 4 is 0 Å². The lowest BCUT2D eigenvalue weighted by atomic mass is 10.0. The summed E-state index contributed by atoms with van der Waals surface area (Å²) in [6.45, 7) is 1.40. The average Bonchev–Trinajstić information content (AvgIpc) is 2.29. The van der Waals surface area contributed by atoms with E-state index in [2.05, 4.69) is 5.32 Å². The molecule has 2 rings (SSSR count). The number of nitrogens with one attached hydrogen (secondary N) is 1. The van der Waals surface area contributed by atoms with Gasteiger partial charge < -0.3 is 10.1 Å². The second kappa shape index (κ2) is 4.62. The highest BCUT2D eigenvalue weighted by molar-refractivity contribution is 5.29. The van der Waals surface area contributed by atoms with Gasteiger partial charge in [0.2, 0.25) is 0 Å². The van der Waals surface area contributed by atoms with E-state index in [1.54, 1.807) is 0 Å². The van der Waals surface area contributed by atoms with Crippen molar-refractivity contribution in [2.24, 2.45) is 0 Å². The van der Waals surface area contributed by atoms with Gasteiger partial charge >= 0.3 is 6.18 Å². The lowest BCUT2D eigenvalue weighted by Gasteiger charge is -2.24. The Morgan fingerprint density at radius 1 is 1.29 bits per heavy atom. The van der Waals surface area contributed by atoms with Crippen LogP contribution in [0.5, 0.6) is 0 Å². The molecule has 0 amide bonds. The first-order valence-electron chi connectivity index (χ1n) is 5.16. The minimum atomic E-state index is -4.67. The van der Waals surface area contributed by atoms with Crippen LogP contribution < -0.4 is 5.32 Å². The second-order valence-electron chi connectivity index (χ2n) is 3.82. The fourth-order valence-corrected chi connectivity index (χ4v) is 1.76. The van der Waals surface area contributed by atoms with E-state index in [4.69, 9.17) is 4.74 Å². The van der Waals surface area contributed by atoms with Gasteiger partial charge in [0.25, 0.3) is 0 Å². The molecule has 1 heterocycles. The van der Waals surface area contributed by atoms with Gasteiger partial charge in [-0.2, -0.15) is 13.2 Å². The largest absolute Gasteiger partial charge is 0.419 e. The summed E-state index contributed by atoms with van der Waals surface area (Å²) in [5, 5.41) is 3.02. The highest BCUT2D eigenvalue weighted by atomic mass is 19.4. The van der Waals surface area contributed by atoms with Gasteiger partial charge in [-0.3, -0.25) is 0 Å². The predicted molar refractivity (Wildman–Crippen MR) is 53.0 cm³/mol. The topological polar surface area (TPSA) is 21.3 Å². The summed E-state index contributed by atoms with van der Waals surface area (Å²) in [6, 6.07) is 2.71. The summed E-state index contributed by atoms with van der Waals surface area (Å²) < 4.78 is 55.7. The van der Waals surface area contributed by atoms with Crippen molar-refractivity contribution in [1.29, 1.82) is 0 Å². The predicted octanol–water partition coefficient (Wildman–Crippen LogP) is 2.51. The third kappa shape index (κ3) is 2.76. The van der Waals surface area contributed by atoms with Crippen LogP contribution >= 0.6 is 0 Å². The summed E-state index contributed by atoms with van der Waals surface area (Å²) in [4.78, 5) is 0. The molecule has 0 bridgehead atoms. The third-order valence-electron chi connectivity index (χ3n) is 2.62. The van der Waals surface area contributed by atoms with Crippen LogP contribution in [0.3, 0.4) is 0 Å². The monoisotopic (exact) mass is 249 g/mol. The average molecular weight is 249 g/mol. The lowest BCUT2D eigenvalue weighted by Crippen LogP contribution is -2.34. The molecule has 1 fully saturated rings. The molecule has 1 saturated heterocycles. The van der Waals surface area contributed by atoms with Gasteiger partial charge in [-0.05, 0) is 17.7 Å². The molecule has 1 aromatic carbocycles. The summed E-state index contributed by atoms with van der Waals surface area (Å²) in [5.74, 6) is -1.25. The molecule has 1 aromatic rings. The van der Waals surface area contributed by atoms with E-state index in [0.717, 1.165) is 12.1 Å². The van der Waals surface area contributed by atoms with Crippen LogP contribution in [-0.2, 0) is 10.9 Å². The zero-order valence-electron chi connectivity index (χ0n) is 8.85. The van der Waals surface area contributed by atoms with Crippen LogP contribution in [0.15, 0.2) is 18.2 Å². The Balaban J connectivity index is 2.30. The van der Waals surface area contributed by atoms with E-state index in [1.165, 1.54) is 6.07 Å². The Hall–Kier alpha value is -1.14. The van der Waals surface area contributed by atoms with Crippen LogP contribution in [-0.4, -0.2) is 19.8 Å². The van der Waals surface area contributed by atoms with Crippen LogP contribution in [0.25, 0.3) is 0 Å². The lowest BCUT2D eigenvalue weighted by molar-refractivity contribution is -0.140. The molecular formula is C11H11F4NO. The van der Waals surface area contributed by atoms with E-state index in [-0.39, 0.29) is 6.04 Å². The number of hydrogen-bond acceptors (Lipinski definition) is 2. The van der Waals surface area contributed by atoms with Crippen molar-refractivity contribution in [3.05, 3.63) is 35.1 Å². The van der Waals surface area contributed by atoms with Gasteiger partial charge in [-0.25, -0.2) is 4.39 Å². The summed E-state index contributed by atoms with van der Waals surface area (Å²) in [6.07, 6.45) is -4.67. The molecule has 1 N–H and O–H groups in total. The zero-order chi connectivity index (χ0) is 12.5. The number of morpholine rings is 1. The van der Waals surface area contributed by atoms with E-state index in [9.17, 15) is 17.6 Å². The van der Waals surface area contributed by atoms with E-state index >= 15 is 0 Å². The van der Waals surface area contributed by atoms with Crippen molar-refractivity contribution in [3.63, 3.8) is 0 Å². The fraction of sp³-hybridized carbons (Fsp3) is 0.455. The molecule has 0 saturated carbocycles. The second-order valence-corrected chi connectivity index (χ2v) is 3.82. The number of halogens is 4. The molecule has 0 unspecified atom stereocenters. The van der Waals surface area contributed by atoms with Gasteiger partial charge in [0.1, 0.15) is 5.82 Å². The first-order valence-corrected chi connectivity index (χ1v) is 5.16. The Kier molecular flexibility index (Phi) is 3.35. The molecule has 0 spiro atoms. The van der Waals surface area contributed by atoms with Gasteiger partial charge in [0, 0.05) is 6.54 Å². The van der Waals surface area contributed by atoms with E-state index in [0.29, 0.717) is 25.3 Å². The minimum absolute atomic E-state index is 0.295. The number of alkyl halides is 3. The van der Waals surface area contributed by atoms with Crippen LogP contribution in [0.1, 0.15) is 17.2 Å². The first kappa shape index (κ1) is 12.3. The normalized spacial score (nSPS) is 21.5. The molecule has 0 radical (unpaired) electrons. The number of benzene rings is 1. The number of ether oxygens (including phenoxy) is 1. The molecule has 6 heteroatoms. The molecule has 0 aromatic heterocycles. The van der Waals surface area contributed by atoms with Crippen LogP contribution in [0.2, 0.25) is 0 Å². The summed E-state index contributed by atoms with van der Waals surface area (Å²) in [7, 11) is 0. The van der Waals surface area contributed by atoms with Gasteiger partial charge in [0.05, 0.1) is 24.8 Å². The number of hydrogen-bond donors (Lipinski definition) is 1. The van der Waals surface area contributed by atoms with E-state index < -0.39 is 17.6 Å². The maximum atomic E-state index is 13.1. The molecule has 1 atom stereocenters. The standard InChI is InChI=1S/C11H11F4NO/c12-9-2-1-7(5-8(9)11(13,14)15)10-6-17-4-3-16-10/h1-2,5,10,16H,3-4,6H2/t10-/m1/s1. The minimum Gasteiger partial charge on any atom is -0.378 e. The van der Waals surface area contributed by atoms with Crippen molar-refractivity contribution in [3.8, 4) is 0 Å². The highest BCUT2D eigenvalue weighted by Gasteiger charge is 2.34. The van der Waals surface area contributed by atoms with Gasteiger partial charge in [-0.15, -0.1) is 0 Å². The third-order valence-corrected chi connectivity index (χ3v) is 2.62.